The highest BCUT2D eigenvalue weighted by atomic mass is 32.2. The Balaban J connectivity index is 1.62. The van der Waals surface area contributed by atoms with E-state index in [2.05, 4.69) is 19.9 Å². The summed E-state index contributed by atoms with van der Waals surface area (Å²) >= 11 is 1.44. The number of anilines is 3. The summed E-state index contributed by atoms with van der Waals surface area (Å²) < 4.78 is 34.7. The van der Waals surface area contributed by atoms with Gasteiger partial charge in [-0.15, -0.1) is 11.3 Å². The Hall–Kier alpha value is -3.37. The number of hydrogen-bond donors (Lipinski definition) is 2. The van der Waals surface area contributed by atoms with Crippen LogP contribution >= 0.6 is 11.3 Å². The van der Waals surface area contributed by atoms with E-state index in [0.29, 0.717) is 28.5 Å². The highest BCUT2D eigenvalue weighted by Crippen LogP contribution is 2.32. The maximum Gasteiger partial charge on any atom is 0.264 e. The van der Waals surface area contributed by atoms with E-state index in [1.807, 2.05) is 5.38 Å². The van der Waals surface area contributed by atoms with Gasteiger partial charge in [-0.1, -0.05) is 0 Å². The van der Waals surface area contributed by atoms with Crippen molar-refractivity contribution < 1.29 is 17.9 Å². The molecule has 178 valence electrons. The summed E-state index contributed by atoms with van der Waals surface area (Å²) in [5.41, 5.74) is 3.81. The molecule has 0 aliphatic carbocycles. The van der Waals surface area contributed by atoms with Crippen molar-refractivity contribution in [3.63, 3.8) is 0 Å². The predicted octanol–water partition coefficient (Wildman–Crippen LogP) is 4.59. The fraction of sp³-hybridized carbons (Fsp3) is 0.250. The molecule has 1 amide bonds. The summed E-state index contributed by atoms with van der Waals surface area (Å²) in [5.74, 6) is 0.262. The first-order chi connectivity index (χ1) is 16.4. The van der Waals surface area contributed by atoms with E-state index >= 15 is 0 Å². The molecule has 0 radical (unpaired) electrons. The second-order valence-corrected chi connectivity index (χ2v) is 10.2. The molecule has 0 unspecified atom stereocenters. The van der Waals surface area contributed by atoms with E-state index in [9.17, 15) is 13.2 Å². The fourth-order valence-corrected chi connectivity index (χ4v) is 5.55. The minimum Gasteiger partial charge on any atom is -0.497 e. The summed E-state index contributed by atoms with van der Waals surface area (Å²) in [5, 5.41) is 4.57. The molecule has 1 aromatic heterocycles. The highest BCUT2D eigenvalue weighted by molar-refractivity contribution is 7.92. The molecule has 0 saturated carbocycles. The highest BCUT2D eigenvalue weighted by Gasteiger charge is 2.24. The Morgan fingerprint density at radius 3 is 2.50 bits per heavy atom. The lowest BCUT2D eigenvalue weighted by molar-refractivity contribution is -0.111. The van der Waals surface area contributed by atoms with Crippen LogP contribution in [-0.4, -0.2) is 39.5 Å². The fourth-order valence-electron chi connectivity index (χ4n) is 3.72. The van der Waals surface area contributed by atoms with Crippen LogP contribution in [0.3, 0.4) is 0 Å². The van der Waals surface area contributed by atoms with Gasteiger partial charge in [-0.25, -0.2) is 13.4 Å². The van der Waals surface area contributed by atoms with Crippen molar-refractivity contribution in [2.24, 2.45) is 0 Å². The normalized spacial score (nSPS) is 14.2. The second kappa shape index (κ2) is 10.7. The lowest BCUT2D eigenvalue weighted by Crippen LogP contribution is -2.31. The number of carbonyl (C=O) groups excluding carboxylic acids is 1. The quantitative estimate of drug-likeness (QED) is 0.441. The number of nitrogens with one attached hydrogen (secondary N) is 2. The van der Waals surface area contributed by atoms with Crippen LogP contribution in [0, 0.1) is 0 Å². The summed E-state index contributed by atoms with van der Waals surface area (Å²) in [6.45, 7) is 1.57. The molecule has 2 N–H and O–H groups in total. The van der Waals surface area contributed by atoms with Gasteiger partial charge in [-0.2, -0.15) is 0 Å². The number of nitrogens with zero attached hydrogens (tertiary/aromatic N) is 2. The maximum absolute atomic E-state index is 13.4. The largest absolute Gasteiger partial charge is 0.497 e. The Kier molecular flexibility index (Phi) is 7.49. The number of hydrogen-bond acceptors (Lipinski definition) is 7. The minimum atomic E-state index is -3.93. The van der Waals surface area contributed by atoms with Crippen molar-refractivity contribution in [1.82, 2.24) is 4.98 Å². The molecule has 8 nitrogen and oxygen atoms in total. The van der Waals surface area contributed by atoms with Crippen molar-refractivity contribution >= 4 is 50.4 Å². The first-order valence-electron chi connectivity index (χ1n) is 10.9. The van der Waals surface area contributed by atoms with E-state index in [0.717, 1.165) is 32.4 Å². The number of benzene rings is 2. The monoisotopic (exact) mass is 498 g/mol. The Morgan fingerprint density at radius 2 is 1.82 bits per heavy atom. The van der Waals surface area contributed by atoms with Gasteiger partial charge in [0.05, 0.1) is 24.0 Å². The minimum absolute atomic E-state index is 0.117. The molecule has 3 aromatic rings. The van der Waals surface area contributed by atoms with Gasteiger partial charge in [0.1, 0.15) is 10.6 Å². The lowest BCUT2D eigenvalue weighted by atomic mass is 10.1. The van der Waals surface area contributed by atoms with Gasteiger partial charge in [-0.3, -0.25) is 9.52 Å². The number of thiazole rings is 1. The number of aromatic nitrogens is 1. The lowest BCUT2D eigenvalue weighted by Gasteiger charge is -2.30. The molecule has 2 aromatic carbocycles. The molecule has 1 saturated heterocycles. The molecule has 34 heavy (non-hydrogen) atoms. The molecule has 4 rings (SSSR count). The van der Waals surface area contributed by atoms with Gasteiger partial charge in [-0.05, 0) is 67.8 Å². The number of piperidine rings is 1. The van der Waals surface area contributed by atoms with Crippen LogP contribution in [0.1, 0.15) is 25.0 Å². The summed E-state index contributed by atoms with van der Waals surface area (Å²) in [4.78, 5) is 18.7. The molecule has 2 heterocycles. The number of amides is 1. The average Bonchev–Trinajstić information content (AvgIpc) is 3.37. The molecule has 0 bridgehead atoms. The van der Waals surface area contributed by atoms with E-state index < -0.39 is 10.0 Å². The average molecular weight is 499 g/mol. The van der Waals surface area contributed by atoms with Crippen LogP contribution in [0.4, 0.5) is 17.1 Å². The summed E-state index contributed by atoms with van der Waals surface area (Å²) in [6.07, 6.45) is 6.12. The topological polar surface area (TPSA) is 101 Å². The molecule has 1 aliphatic heterocycles. The van der Waals surface area contributed by atoms with Crippen molar-refractivity contribution in [3.05, 3.63) is 65.1 Å². The number of carbonyl (C=O) groups is 1. The molecule has 10 heteroatoms. The SMILES string of the molecule is COc1ccc(NS(=O)(=O)c2cc(NC(=O)/C=C/c3cscn3)ccc2N2CCCCC2)cc1. The Labute approximate surface area is 203 Å². The zero-order valence-corrected chi connectivity index (χ0v) is 20.4. The van der Waals surface area contributed by atoms with Crippen molar-refractivity contribution in [3.8, 4) is 5.75 Å². The summed E-state index contributed by atoms with van der Waals surface area (Å²) in [6, 6.07) is 11.7. The smallest absolute Gasteiger partial charge is 0.264 e. The van der Waals surface area contributed by atoms with Gasteiger partial charge >= 0.3 is 0 Å². The van der Waals surface area contributed by atoms with Crippen LogP contribution in [0.2, 0.25) is 0 Å². The zero-order valence-electron chi connectivity index (χ0n) is 18.7. The first-order valence-corrected chi connectivity index (χ1v) is 13.3. The predicted molar refractivity (Wildman–Crippen MR) is 136 cm³/mol. The maximum atomic E-state index is 13.4. The van der Waals surface area contributed by atoms with Gasteiger partial charge in [0.25, 0.3) is 10.0 Å². The van der Waals surface area contributed by atoms with E-state index in [1.54, 1.807) is 55.1 Å². The van der Waals surface area contributed by atoms with Crippen LogP contribution in [0.25, 0.3) is 6.08 Å². The van der Waals surface area contributed by atoms with Crippen molar-refractivity contribution in [2.75, 3.05) is 35.1 Å². The van der Waals surface area contributed by atoms with E-state index in [1.165, 1.54) is 23.5 Å². The zero-order chi connectivity index (χ0) is 24.0. The molecular weight excluding hydrogens is 472 g/mol. The van der Waals surface area contributed by atoms with Gasteiger partial charge in [0.15, 0.2) is 0 Å². The summed E-state index contributed by atoms with van der Waals surface area (Å²) in [7, 11) is -2.38. The second-order valence-electron chi connectivity index (χ2n) is 7.80. The third-order valence-electron chi connectivity index (χ3n) is 5.41. The third kappa shape index (κ3) is 5.95. The number of methoxy groups -OCH3 is 1. The Bertz CT molecular complexity index is 1250. The van der Waals surface area contributed by atoms with E-state index in [-0.39, 0.29) is 10.8 Å². The van der Waals surface area contributed by atoms with Crippen LogP contribution in [-0.2, 0) is 14.8 Å². The molecule has 1 fully saturated rings. The van der Waals surface area contributed by atoms with Crippen LogP contribution in [0.15, 0.2) is 64.3 Å². The van der Waals surface area contributed by atoms with E-state index in [4.69, 9.17) is 4.74 Å². The van der Waals surface area contributed by atoms with Gasteiger partial charge in [0, 0.05) is 35.9 Å². The molecule has 0 spiro atoms. The van der Waals surface area contributed by atoms with Crippen LogP contribution < -0.4 is 19.7 Å². The van der Waals surface area contributed by atoms with Crippen molar-refractivity contribution in [2.45, 2.75) is 24.2 Å². The van der Waals surface area contributed by atoms with Crippen molar-refractivity contribution in [1.29, 1.82) is 0 Å². The molecular formula is C24H26N4O4S2. The van der Waals surface area contributed by atoms with Gasteiger partial charge < -0.3 is 15.0 Å². The Morgan fingerprint density at radius 1 is 1.09 bits per heavy atom. The molecule has 1 aliphatic rings. The third-order valence-corrected chi connectivity index (χ3v) is 7.43. The number of ether oxygens (including phenoxy) is 1. The van der Waals surface area contributed by atoms with Gasteiger partial charge in [0.2, 0.25) is 5.91 Å². The standard InChI is InChI=1S/C24H26N4O4S2/c1-32-21-9-5-18(6-10-21)27-34(30,31)23-15-19(7-11-22(23)28-13-3-2-4-14-28)26-24(29)12-8-20-16-33-17-25-20/h5-12,15-17,27H,2-4,13-14H2,1H3,(H,26,29)/b12-8+. The van der Waals surface area contributed by atoms with Crippen LogP contribution in [0.5, 0.6) is 5.75 Å². The number of rotatable bonds is 8. The number of sulfonamides is 1. The molecule has 0 atom stereocenters. The first kappa shape index (κ1) is 23.8.